The number of nitrogens with one attached hydrogen (secondary N) is 1. The number of halogens is 4. The van der Waals surface area contributed by atoms with Gasteiger partial charge in [-0.2, -0.15) is 28.4 Å². The van der Waals surface area contributed by atoms with Gasteiger partial charge in [-0.1, -0.05) is 0 Å². The molecule has 104 valence electrons. The molecule has 0 radical (unpaired) electrons. The summed E-state index contributed by atoms with van der Waals surface area (Å²) in [5, 5.41) is 19.1. The summed E-state index contributed by atoms with van der Waals surface area (Å²) in [6.45, 7) is 1.31. The maximum Gasteiger partial charge on any atom is 0.438 e. The molecule has 1 aromatic rings. The summed E-state index contributed by atoms with van der Waals surface area (Å²) in [6.07, 6.45) is -4.49. The van der Waals surface area contributed by atoms with Crippen LogP contribution >= 0.6 is 22.6 Å². The topological polar surface area (TPSA) is 81.6 Å². The van der Waals surface area contributed by atoms with Crippen LogP contribution in [-0.2, 0) is 0 Å². The lowest BCUT2D eigenvalue weighted by molar-refractivity contribution is -0.297. The molecule has 2 heterocycles. The van der Waals surface area contributed by atoms with Gasteiger partial charge in [0.05, 0.1) is 9.77 Å². The number of amides is 1. The summed E-state index contributed by atoms with van der Waals surface area (Å²) in [4.78, 5) is 12.0. The van der Waals surface area contributed by atoms with Gasteiger partial charge in [-0.05, 0) is 29.5 Å². The molecule has 0 saturated heterocycles. The van der Waals surface area contributed by atoms with Crippen LogP contribution in [0.4, 0.5) is 13.2 Å². The fraction of sp³-hybridized carbons (Fsp3) is 0.444. The summed E-state index contributed by atoms with van der Waals surface area (Å²) in [5.41, 5.74) is -3.45. The number of aliphatic hydroxyl groups is 1. The van der Waals surface area contributed by atoms with Crippen molar-refractivity contribution in [3.8, 4) is 0 Å². The highest BCUT2D eigenvalue weighted by molar-refractivity contribution is 14.1. The number of hydrogen-bond acceptors (Lipinski definition) is 4. The lowest BCUT2D eigenvalue weighted by Gasteiger charge is -2.32. The van der Waals surface area contributed by atoms with Gasteiger partial charge in [-0.25, -0.2) is 0 Å². The second-order valence-corrected chi connectivity index (χ2v) is 5.20. The molecule has 0 fully saturated rings. The normalized spacial score (nSPS) is 23.7. The molecule has 0 bridgehead atoms. The number of rotatable bonds is 1. The summed E-state index contributed by atoms with van der Waals surface area (Å²) >= 11 is 1.74. The Labute approximate surface area is 118 Å². The van der Waals surface area contributed by atoms with Gasteiger partial charge in [0.2, 0.25) is 0 Å². The van der Waals surface area contributed by atoms with Crippen LogP contribution in [0.25, 0.3) is 0 Å². The average molecular weight is 388 g/mol. The Kier molecular flexibility index (Phi) is 3.33. The number of aromatic nitrogens is 2. The van der Waals surface area contributed by atoms with E-state index in [1.807, 2.05) is 0 Å². The van der Waals surface area contributed by atoms with Gasteiger partial charge in [-0.3, -0.25) is 9.89 Å². The van der Waals surface area contributed by atoms with Crippen LogP contribution in [0, 0.1) is 3.57 Å². The molecule has 1 aromatic heterocycles. The number of carbonyl (C=O) groups is 1. The van der Waals surface area contributed by atoms with Crippen molar-refractivity contribution >= 4 is 34.2 Å². The fourth-order valence-corrected chi connectivity index (χ4v) is 2.17. The molecule has 0 aromatic carbocycles. The first-order chi connectivity index (χ1) is 8.67. The molecular weight excluding hydrogens is 380 g/mol. The van der Waals surface area contributed by atoms with Gasteiger partial charge >= 0.3 is 6.18 Å². The maximum absolute atomic E-state index is 12.9. The first-order valence-electron chi connectivity index (χ1n) is 5.03. The van der Waals surface area contributed by atoms with E-state index in [0.29, 0.717) is 3.57 Å². The molecule has 1 atom stereocenters. The number of carbonyl (C=O) groups excluding carboxylic acids is 1. The maximum atomic E-state index is 12.9. The van der Waals surface area contributed by atoms with E-state index in [1.165, 1.54) is 13.1 Å². The number of hydrogen-bond donors (Lipinski definition) is 2. The molecule has 1 amide bonds. The minimum Gasteiger partial charge on any atom is -0.362 e. The molecular formula is C9H8F3IN4O2. The van der Waals surface area contributed by atoms with E-state index in [-0.39, 0.29) is 16.4 Å². The third kappa shape index (κ3) is 2.22. The van der Waals surface area contributed by atoms with Crippen LogP contribution in [0.15, 0.2) is 11.3 Å². The van der Waals surface area contributed by atoms with Crippen molar-refractivity contribution in [2.45, 2.75) is 25.2 Å². The lowest BCUT2D eigenvalue weighted by atomic mass is 10.1. The molecule has 6 nitrogen and oxygen atoms in total. The zero-order valence-electron chi connectivity index (χ0n) is 9.49. The third-order valence-electron chi connectivity index (χ3n) is 2.58. The van der Waals surface area contributed by atoms with Crippen molar-refractivity contribution in [3.05, 3.63) is 15.5 Å². The van der Waals surface area contributed by atoms with Gasteiger partial charge in [0, 0.05) is 12.1 Å². The molecule has 0 spiro atoms. The molecule has 2 N–H and O–H groups in total. The molecule has 0 saturated carbocycles. The predicted molar refractivity (Wildman–Crippen MR) is 66.2 cm³/mol. The largest absolute Gasteiger partial charge is 0.438 e. The van der Waals surface area contributed by atoms with Crippen LogP contribution in [0.2, 0.25) is 0 Å². The summed E-state index contributed by atoms with van der Waals surface area (Å²) in [7, 11) is 0. The fourth-order valence-electron chi connectivity index (χ4n) is 1.68. The highest BCUT2D eigenvalue weighted by Gasteiger charge is 2.63. The van der Waals surface area contributed by atoms with E-state index in [9.17, 15) is 23.1 Å². The van der Waals surface area contributed by atoms with E-state index in [2.05, 4.69) is 15.3 Å². The van der Waals surface area contributed by atoms with E-state index in [0.717, 1.165) is 0 Å². The summed E-state index contributed by atoms with van der Waals surface area (Å²) < 4.78 is 39.1. The Bertz CT molecular complexity index is 556. The van der Waals surface area contributed by atoms with Gasteiger partial charge in [0.1, 0.15) is 5.69 Å². The summed E-state index contributed by atoms with van der Waals surface area (Å²) in [5.74, 6) is -1.08. The minimum absolute atomic E-state index is 0.0164. The lowest BCUT2D eigenvalue weighted by Crippen LogP contribution is -2.56. The number of aromatic amines is 1. The summed E-state index contributed by atoms with van der Waals surface area (Å²) in [6, 6.07) is 0. The van der Waals surface area contributed by atoms with Crippen molar-refractivity contribution < 1.29 is 23.1 Å². The van der Waals surface area contributed by atoms with E-state index < -0.39 is 24.2 Å². The number of alkyl halides is 3. The Morgan fingerprint density at radius 3 is 2.74 bits per heavy atom. The molecule has 1 aliphatic rings. The second-order valence-electron chi connectivity index (χ2n) is 4.04. The Hall–Kier alpha value is -1.17. The zero-order chi connectivity index (χ0) is 14.4. The van der Waals surface area contributed by atoms with Gasteiger partial charge in [-0.15, -0.1) is 0 Å². The van der Waals surface area contributed by atoms with Crippen LogP contribution < -0.4 is 0 Å². The van der Waals surface area contributed by atoms with Crippen molar-refractivity contribution in [2.24, 2.45) is 5.10 Å². The van der Waals surface area contributed by atoms with Crippen molar-refractivity contribution in [1.29, 1.82) is 0 Å². The predicted octanol–water partition coefficient (Wildman–Crippen LogP) is 1.49. The molecule has 0 aliphatic carbocycles. The number of nitrogens with zero attached hydrogens (tertiary/aromatic N) is 3. The number of hydrazone groups is 1. The van der Waals surface area contributed by atoms with E-state index in [4.69, 9.17) is 0 Å². The standard InChI is InChI=1S/C9H8F3IN4O2/c1-4-2-8(19,9(10,11)12)17(16-4)7(18)6-5(13)3-14-15-6/h3,19H,2H2,1H3,(H,14,15)/t8-/m0/s1. The minimum atomic E-state index is -5.00. The molecule has 10 heteroatoms. The first kappa shape index (κ1) is 14.2. The third-order valence-corrected chi connectivity index (χ3v) is 3.39. The Morgan fingerprint density at radius 1 is 1.63 bits per heavy atom. The van der Waals surface area contributed by atoms with Gasteiger partial charge < -0.3 is 5.11 Å². The average Bonchev–Trinajstić information content (AvgIpc) is 2.81. The van der Waals surface area contributed by atoms with Crippen molar-refractivity contribution in [2.75, 3.05) is 0 Å². The van der Waals surface area contributed by atoms with Crippen molar-refractivity contribution in [1.82, 2.24) is 15.2 Å². The molecule has 0 unspecified atom stereocenters. The highest BCUT2D eigenvalue weighted by Crippen LogP contribution is 2.40. The van der Waals surface area contributed by atoms with E-state index >= 15 is 0 Å². The molecule has 19 heavy (non-hydrogen) atoms. The Balaban J connectivity index is 2.42. The van der Waals surface area contributed by atoms with Crippen LogP contribution in [-0.4, -0.2) is 43.8 Å². The van der Waals surface area contributed by atoms with E-state index in [1.54, 1.807) is 22.6 Å². The zero-order valence-corrected chi connectivity index (χ0v) is 11.7. The highest BCUT2D eigenvalue weighted by atomic mass is 127. The monoisotopic (exact) mass is 388 g/mol. The quantitative estimate of drug-likeness (QED) is 0.716. The SMILES string of the molecule is CC1=NN(C(=O)c2[nH]ncc2I)[C@@](O)(C(F)(F)F)C1. The van der Waals surface area contributed by atoms with Gasteiger partial charge in [0.25, 0.3) is 11.6 Å². The van der Waals surface area contributed by atoms with Gasteiger partial charge in [0.15, 0.2) is 0 Å². The van der Waals surface area contributed by atoms with Crippen LogP contribution in [0.1, 0.15) is 23.8 Å². The molecule has 1 aliphatic heterocycles. The smallest absolute Gasteiger partial charge is 0.362 e. The van der Waals surface area contributed by atoms with Crippen LogP contribution in [0.3, 0.4) is 0 Å². The Morgan fingerprint density at radius 2 is 2.26 bits per heavy atom. The van der Waals surface area contributed by atoms with Crippen molar-refractivity contribution in [3.63, 3.8) is 0 Å². The number of H-pyrrole nitrogens is 1. The van der Waals surface area contributed by atoms with Crippen LogP contribution in [0.5, 0.6) is 0 Å². The molecule has 2 rings (SSSR count). The second kappa shape index (κ2) is 4.44. The first-order valence-corrected chi connectivity index (χ1v) is 6.11.